The summed E-state index contributed by atoms with van der Waals surface area (Å²) in [6, 6.07) is -0.244. The highest BCUT2D eigenvalue weighted by Crippen LogP contribution is 2.16. The predicted molar refractivity (Wildman–Crippen MR) is 116 cm³/mol. The van der Waals surface area contributed by atoms with Crippen molar-refractivity contribution in [3.8, 4) is 0 Å². The average molecular weight is 400 g/mol. The summed E-state index contributed by atoms with van der Waals surface area (Å²) >= 11 is 0. The molecule has 1 saturated heterocycles. The zero-order valence-corrected chi connectivity index (χ0v) is 18.1. The molecule has 28 heavy (non-hydrogen) atoms. The Bertz CT molecular complexity index is 391. The van der Waals surface area contributed by atoms with Crippen LogP contribution < -0.4 is 16.8 Å². The maximum absolute atomic E-state index is 11.4. The number of nitrogens with one attached hydrogen (secondary N) is 1. The molecule has 1 amide bonds. The highest BCUT2D eigenvalue weighted by atomic mass is 16.4. The first-order valence-corrected chi connectivity index (χ1v) is 11.5. The lowest BCUT2D eigenvalue weighted by atomic mass is 10.0. The standard InChI is InChI=1S/C16H31NO.C6H14N2O2/c1-2-3-4-5-6-7-8-9-12-15-13-10-11-14-16(18)17-15;7-4-2-1-3-5(8)6(9)10/h15H,2-14H2,1H3,(H,17,18);5H,1-4,7-8H2,(H,9,10). The van der Waals surface area contributed by atoms with Crippen molar-refractivity contribution in [1.29, 1.82) is 0 Å². The summed E-state index contributed by atoms with van der Waals surface area (Å²) in [5.41, 5.74) is 10.4. The van der Waals surface area contributed by atoms with Crippen LogP contribution in [-0.4, -0.2) is 35.6 Å². The minimum absolute atomic E-state index is 0.275. The molecular formula is C22H45N3O3. The summed E-state index contributed by atoms with van der Waals surface area (Å²) in [7, 11) is 0. The Morgan fingerprint density at radius 3 is 2.32 bits per heavy atom. The van der Waals surface area contributed by atoms with Crippen molar-refractivity contribution in [2.75, 3.05) is 6.54 Å². The van der Waals surface area contributed by atoms with Crippen molar-refractivity contribution in [3.05, 3.63) is 0 Å². The number of aliphatic carboxylic acids is 1. The number of hydrogen-bond acceptors (Lipinski definition) is 4. The number of amides is 1. The van der Waals surface area contributed by atoms with Crippen LogP contribution in [-0.2, 0) is 9.59 Å². The fourth-order valence-corrected chi connectivity index (χ4v) is 3.42. The SMILES string of the molecule is CCCCCCCCCCC1CCCCC(=O)N1.NCCCCC(N)C(=O)O. The third kappa shape index (κ3) is 17.0. The van der Waals surface area contributed by atoms with Gasteiger partial charge in [0.1, 0.15) is 6.04 Å². The third-order valence-electron chi connectivity index (χ3n) is 5.26. The second-order valence-electron chi connectivity index (χ2n) is 8.00. The molecule has 0 saturated carbocycles. The van der Waals surface area contributed by atoms with Gasteiger partial charge in [0.25, 0.3) is 0 Å². The molecule has 2 unspecified atom stereocenters. The minimum Gasteiger partial charge on any atom is -0.480 e. The van der Waals surface area contributed by atoms with Crippen LogP contribution in [0.5, 0.6) is 0 Å². The van der Waals surface area contributed by atoms with Crippen molar-refractivity contribution in [1.82, 2.24) is 5.32 Å². The van der Waals surface area contributed by atoms with Gasteiger partial charge in [-0.3, -0.25) is 9.59 Å². The van der Waals surface area contributed by atoms with E-state index < -0.39 is 12.0 Å². The van der Waals surface area contributed by atoms with Crippen LogP contribution in [0.15, 0.2) is 0 Å². The van der Waals surface area contributed by atoms with E-state index in [2.05, 4.69) is 12.2 Å². The van der Waals surface area contributed by atoms with Gasteiger partial charge in [-0.05, 0) is 38.6 Å². The lowest BCUT2D eigenvalue weighted by Gasteiger charge is -2.15. The van der Waals surface area contributed by atoms with E-state index in [0.717, 1.165) is 25.7 Å². The van der Waals surface area contributed by atoms with Crippen LogP contribution in [0.2, 0.25) is 0 Å². The summed E-state index contributed by atoms with van der Waals surface area (Å²) in [6.45, 7) is 2.87. The molecule has 6 N–H and O–H groups in total. The molecular weight excluding hydrogens is 354 g/mol. The molecule has 0 aliphatic carbocycles. The van der Waals surface area contributed by atoms with Crippen LogP contribution in [0.3, 0.4) is 0 Å². The van der Waals surface area contributed by atoms with Crippen LogP contribution in [0, 0.1) is 0 Å². The largest absolute Gasteiger partial charge is 0.480 e. The van der Waals surface area contributed by atoms with Crippen molar-refractivity contribution in [3.63, 3.8) is 0 Å². The molecule has 0 radical (unpaired) electrons. The topological polar surface area (TPSA) is 118 Å². The highest BCUT2D eigenvalue weighted by molar-refractivity contribution is 5.76. The van der Waals surface area contributed by atoms with Crippen molar-refractivity contribution >= 4 is 11.9 Å². The van der Waals surface area contributed by atoms with E-state index in [1.807, 2.05) is 0 Å². The molecule has 0 bridgehead atoms. The molecule has 1 fully saturated rings. The van der Waals surface area contributed by atoms with Gasteiger partial charge in [0, 0.05) is 12.5 Å². The molecule has 166 valence electrons. The number of unbranched alkanes of at least 4 members (excludes halogenated alkanes) is 8. The molecule has 0 aromatic heterocycles. The van der Waals surface area contributed by atoms with E-state index in [1.54, 1.807) is 0 Å². The molecule has 0 spiro atoms. The third-order valence-corrected chi connectivity index (χ3v) is 5.26. The van der Waals surface area contributed by atoms with Crippen molar-refractivity contribution < 1.29 is 14.7 Å². The Balaban J connectivity index is 0.000000621. The number of carboxylic acids is 1. The zero-order chi connectivity index (χ0) is 21.0. The Kier molecular flexibility index (Phi) is 18.4. The molecule has 1 aliphatic rings. The van der Waals surface area contributed by atoms with Crippen LogP contribution in [0.4, 0.5) is 0 Å². The maximum atomic E-state index is 11.4. The van der Waals surface area contributed by atoms with E-state index in [0.29, 0.717) is 19.0 Å². The van der Waals surface area contributed by atoms with Gasteiger partial charge in [0.05, 0.1) is 0 Å². The van der Waals surface area contributed by atoms with Crippen LogP contribution in [0.1, 0.15) is 110 Å². The predicted octanol–water partition coefficient (Wildman–Crippen LogP) is 4.10. The van der Waals surface area contributed by atoms with Crippen molar-refractivity contribution in [2.24, 2.45) is 11.5 Å². The van der Waals surface area contributed by atoms with Gasteiger partial charge in [-0.25, -0.2) is 0 Å². The number of rotatable bonds is 14. The Labute approximate surface area is 172 Å². The lowest BCUT2D eigenvalue weighted by Crippen LogP contribution is -2.32. The van der Waals surface area contributed by atoms with Gasteiger partial charge in [-0.2, -0.15) is 0 Å². The normalized spacial score (nSPS) is 17.8. The van der Waals surface area contributed by atoms with E-state index in [4.69, 9.17) is 16.6 Å². The summed E-state index contributed by atoms with van der Waals surface area (Å²) < 4.78 is 0. The Morgan fingerprint density at radius 2 is 1.71 bits per heavy atom. The molecule has 0 aromatic carbocycles. The molecule has 2 atom stereocenters. The van der Waals surface area contributed by atoms with Gasteiger partial charge in [-0.1, -0.05) is 71.1 Å². The lowest BCUT2D eigenvalue weighted by molar-refractivity contribution is -0.138. The van der Waals surface area contributed by atoms with Crippen LogP contribution in [0.25, 0.3) is 0 Å². The summed E-state index contributed by atoms with van der Waals surface area (Å²) in [5, 5.41) is 11.5. The average Bonchev–Trinajstić information content (AvgIpc) is 2.88. The van der Waals surface area contributed by atoms with E-state index >= 15 is 0 Å². The van der Waals surface area contributed by atoms with Crippen LogP contribution >= 0.6 is 0 Å². The first-order chi connectivity index (χ1) is 13.5. The molecule has 6 nitrogen and oxygen atoms in total. The summed E-state index contributed by atoms with van der Waals surface area (Å²) in [5.74, 6) is -0.658. The fourth-order valence-electron chi connectivity index (χ4n) is 3.42. The Hall–Kier alpha value is -1.14. The van der Waals surface area contributed by atoms with Crippen molar-refractivity contribution in [2.45, 2.75) is 122 Å². The first kappa shape index (κ1) is 26.9. The van der Waals surface area contributed by atoms with Gasteiger partial charge < -0.3 is 21.9 Å². The molecule has 0 aromatic rings. The molecule has 1 aliphatic heterocycles. The van der Waals surface area contributed by atoms with Gasteiger partial charge in [0.15, 0.2) is 0 Å². The number of carbonyl (C=O) groups is 2. The Morgan fingerprint density at radius 1 is 1.07 bits per heavy atom. The second kappa shape index (κ2) is 19.2. The fraction of sp³-hybridized carbons (Fsp3) is 0.909. The maximum Gasteiger partial charge on any atom is 0.320 e. The number of hydrogen-bond donors (Lipinski definition) is 4. The summed E-state index contributed by atoms with van der Waals surface area (Å²) in [4.78, 5) is 21.6. The quantitative estimate of drug-likeness (QED) is 0.328. The van der Waals surface area contributed by atoms with E-state index in [9.17, 15) is 9.59 Å². The van der Waals surface area contributed by atoms with E-state index in [-0.39, 0.29) is 5.91 Å². The number of carboxylic acid groups (broad SMARTS) is 1. The summed E-state index contributed by atoms with van der Waals surface area (Å²) in [6.07, 6.45) is 18.6. The smallest absolute Gasteiger partial charge is 0.320 e. The molecule has 1 heterocycles. The molecule has 6 heteroatoms. The minimum atomic E-state index is -0.933. The number of nitrogens with two attached hydrogens (primary N) is 2. The highest BCUT2D eigenvalue weighted by Gasteiger charge is 2.15. The monoisotopic (exact) mass is 399 g/mol. The first-order valence-electron chi connectivity index (χ1n) is 11.5. The van der Waals surface area contributed by atoms with Gasteiger partial charge in [-0.15, -0.1) is 0 Å². The second-order valence-corrected chi connectivity index (χ2v) is 8.00. The van der Waals surface area contributed by atoms with Gasteiger partial charge in [0.2, 0.25) is 5.91 Å². The van der Waals surface area contributed by atoms with E-state index in [1.165, 1.54) is 70.6 Å². The zero-order valence-electron chi connectivity index (χ0n) is 18.1. The number of carbonyl (C=O) groups excluding carboxylic acids is 1. The van der Waals surface area contributed by atoms with Gasteiger partial charge >= 0.3 is 5.97 Å². The molecule has 1 rings (SSSR count).